The highest BCUT2D eigenvalue weighted by Gasteiger charge is 2.35. The Hall–Kier alpha value is -2.18. The fourth-order valence-electron chi connectivity index (χ4n) is 1.26. The number of nitrogen functional groups attached to an aromatic ring is 1. The molecule has 0 saturated heterocycles. The molecule has 0 fully saturated rings. The molecule has 0 saturated carbocycles. The third kappa shape index (κ3) is 2.49. The van der Waals surface area contributed by atoms with Crippen LogP contribution < -0.4 is 5.73 Å². The Morgan fingerprint density at radius 3 is 2.29 bits per heavy atom. The molecule has 88 valence electrons. The SMILES string of the molecule is Nc1cc(-c2ccncc2)nc(C(F)(F)F)n1. The first-order valence-corrected chi connectivity index (χ1v) is 4.59. The summed E-state index contributed by atoms with van der Waals surface area (Å²) in [6.45, 7) is 0. The van der Waals surface area contributed by atoms with E-state index in [1.54, 1.807) is 12.1 Å². The van der Waals surface area contributed by atoms with E-state index in [1.807, 2.05) is 0 Å². The Labute approximate surface area is 94.3 Å². The number of halogens is 3. The average Bonchev–Trinajstić information content (AvgIpc) is 2.28. The van der Waals surface area contributed by atoms with E-state index in [9.17, 15) is 13.2 Å². The van der Waals surface area contributed by atoms with Crippen molar-refractivity contribution in [3.8, 4) is 11.3 Å². The smallest absolute Gasteiger partial charge is 0.384 e. The molecule has 2 rings (SSSR count). The molecule has 2 N–H and O–H groups in total. The molecule has 0 bridgehead atoms. The molecule has 2 aromatic heterocycles. The van der Waals surface area contributed by atoms with Gasteiger partial charge in [0.2, 0.25) is 5.82 Å². The van der Waals surface area contributed by atoms with Crippen LogP contribution in [-0.2, 0) is 6.18 Å². The largest absolute Gasteiger partial charge is 0.451 e. The van der Waals surface area contributed by atoms with Gasteiger partial charge in [0.25, 0.3) is 0 Å². The molecule has 2 aromatic rings. The molecule has 7 heteroatoms. The summed E-state index contributed by atoms with van der Waals surface area (Å²) in [5.41, 5.74) is 5.94. The van der Waals surface area contributed by atoms with Crippen LogP contribution in [0.1, 0.15) is 5.82 Å². The minimum absolute atomic E-state index is 0.118. The van der Waals surface area contributed by atoms with Gasteiger partial charge < -0.3 is 5.73 Å². The topological polar surface area (TPSA) is 64.7 Å². The van der Waals surface area contributed by atoms with Gasteiger partial charge in [0.05, 0.1) is 5.69 Å². The summed E-state index contributed by atoms with van der Waals surface area (Å²) in [6.07, 6.45) is -1.70. The molecule has 0 atom stereocenters. The normalized spacial score (nSPS) is 11.5. The number of alkyl halides is 3. The van der Waals surface area contributed by atoms with Crippen LogP contribution in [0, 0.1) is 0 Å². The monoisotopic (exact) mass is 240 g/mol. The third-order valence-corrected chi connectivity index (χ3v) is 1.98. The highest BCUT2D eigenvalue weighted by molar-refractivity contribution is 5.61. The maximum absolute atomic E-state index is 12.5. The van der Waals surface area contributed by atoms with Crippen molar-refractivity contribution in [1.82, 2.24) is 15.0 Å². The molecule has 4 nitrogen and oxygen atoms in total. The van der Waals surface area contributed by atoms with Gasteiger partial charge in [-0.1, -0.05) is 0 Å². The highest BCUT2D eigenvalue weighted by Crippen LogP contribution is 2.28. The Morgan fingerprint density at radius 2 is 1.71 bits per heavy atom. The fraction of sp³-hybridized carbons (Fsp3) is 0.100. The Morgan fingerprint density at radius 1 is 1.06 bits per heavy atom. The van der Waals surface area contributed by atoms with Crippen LogP contribution in [-0.4, -0.2) is 15.0 Å². The second-order valence-electron chi connectivity index (χ2n) is 3.24. The van der Waals surface area contributed by atoms with Crippen molar-refractivity contribution < 1.29 is 13.2 Å². The van der Waals surface area contributed by atoms with Crippen LogP contribution in [0.15, 0.2) is 30.6 Å². The Balaban J connectivity index is 2.54. The van der Waals surface area contributed by atoms with Crippen molar-refractivity contribution in [1.29, 1.82) is 0 Å². The predicted octanol–water partition coefficient (Wildman–Crippen LogP) is 2.14. The average molecular weight is 240 g/mol. The Bertz CT molecular complexity index is 525. The standard InChI is InChI=1S/C10H7F3N4/c11-10(12,13)9-16-7(5-8(14)17-9)6-1-3-15-4-2-6/h1-5H,(H2,14,16,17). The molecular formula is C10H7F3N4. The lowest BCUT2D eigenvalue weighted by Gasteiger charge is -2.08. The summed E-state index contributed by atoms with van der Waals surface area (Å²) in [5, 5.41) is 0. The summed E-state index contributed by atoms with van der Waals surface area (Å²) in [7, 11) is 0. The van der Waals surface area contributed by atoms with E-state index in [0.717, 1.165) is 0 Å². The van der Waals surface area contributed by atoms with Crippen LogP contribution in [0.4, 0.5) is 19.0 Å². The lowest BCUT2D eigenvalue weighted by molar-refractivity contribution is -0.144. The zero-order valence-electron chi connectivity index (χ0n) is 8.44. The molecule has 0 amide bonds. The lowest BCUT2D eigenvalue weighted by Crippen LogP contribution is -2.13. The summed E-state index contributed by atoms with van der Waals surface area (Å²) in [5.74, 6) is -1.47. The molecule has 0 aliphatic carbocycles. The van der Waals surface area contributed by atoms with Crippen LogP contribution in [0.25, 0.3) is 11.3 Å². The molecule has 0 unspecified atom stereocenters. The second-order valence-corrected chi connectivity index (χ2v) is 3.24. The van der Waals surface area contributed by atoms with E-state index in [-0.39, 0.29) is 11.5 Å². The van der Waals surface area contributed by atoms with Gasteiger partial charge in [-0.3, -0.25) is 4.98 Å². The van der Waals surface area contributed by atoms with E-state index in [0.29, 0.717) is 5.56 Å². The first-order valence-electron chi connectivity index (χ1n) is 4.59. The molecular weight excluding hydrogens is 233 g/mol. The summed E-state index contributed by atoms with van der Waals surface area (Å²) >= 11 is 0. The van der Waals surface area contributed by atoms with E-state index in [2.05, 4.69) is 15.0 Å². The second kappa shape index (κ2) is 4.00. The molecule has 0 radical (unpaired) electrons. The van der Waals surface area contributed by atoms with Crippen molar-refractivity contribution in [3.63, 3.8) is 0 Å². The summed E-state index contributed by atoms with van der Waals surface area (Å²) in [4.78, 5) is 10.4. The summed E-state index contributed by atoms with van der Waals surface area (Å²) < 4.78 is 37.4. The first-order chi connectivity index (χ1) is 7.97. The van der Waals surface area contributed by atoms with Gasteiger partial charge in [0.1, 0.15) is 5.82 Å². The number of nitrogens with zero attached hydrogens (tertiary/aromatic N) is 3. The van der Waals surface area contributed by atoms with Crippen molar-refractivity contribution in [3.05, 3.63) is 36.4 Å². The zero-order chi connectivity index (χ0) is 12.5. The quantitative estimate of drug-likeness (QED) is 0.829. The number of hydrogen-bond donors (Lipinski definition) is 1. The molecule has 0 aliphatic heterocycles. The summed E-state index contributed by atoms with van der Waals surface area (Å²) in [6, 6.07) is 4.37. The third-order valence-electron chi connectivity index (χ3n) is 1.98. The van der Waals surface area contributed by atoms with Crippen molar-refractivity contribution in [2.75, 3.05) is 5.73 Å². The maximum atomic E-state index is 12.5. The van der Waals surface area contributed by atoms with E-state index < -0.39 is 12.0 Å². The van der Waals surface area contributed by atoms with Crippen molar-refractivity contribution >= 4 is 5.82 Å². The number of anilines is 1. The van der Waals surface area contributed by atoms with Crippen molar-refractivity contribution in [2.45, 2.75) is 6.18 Å². The number of rotatable bonds is 1. The fourth-order valence-corrected chi connectivity index (χ4v) is 1.26. The number of nitrogens with two attached hydrogens (primary N) is 1. The van der Waals surface area contributed by atoms with Gasteiger partial charge in [0, 0.05) is 24.0 Å². The molecule has 0 aromatic carbocycles. The van der Waals surface area contributed by atoms with Gasteiger partial charge in [-0.05, 0) is 12.1 Å². The molecule has 0 spiro atoms. The van der Waals surface area contributed by atoms with Gasteiger partial charge in [-0.2, -0.15) is 13.2 Å². The first kappa shape index (κ1) is 11.3. The van der Waals surface area contributed by atoms with Gasteiger partial charge in [-0.15, -0.1) is 0 Å². The van der Waals surface area contributed by atoms with Gasteiger partial charge in [0.15, 0.2) is 0 Å². The zero-order valence-corrected chi connectivity index (χ0v) is 8.44. The molecule has 0 aliphatic rings. The Kier molecular flexibility index (Phi) is 2.66. The molecule has 2 heterocycles. The van der Waals surface area contributed by atoms with Gasteiger partial charge in [-0.25, -0.2) is 9.97 Å². The maximum Gasteiger partial charge on any atom is 0.451 e. The van der Waals surface area contributed by atoms with Crippen LogP contribution in [0.2, 0.25) is 0 Å². The number of pyridine rings is 1. The minimum Gasteiger partial charge on any atom is -0.384 e. The van der Waals surface area contributed by atoms with Gasteiger partial charge >= 0.3 is 6.18 Å². The lowest BCUT2D eigenvalue weighted by atomic mass is 10.2. The number of hydrogen-bond acceptors (Lipinski definition) is 4. The highest BCUT2D eigenvalue weighted by atomic mass is 19.4. The van der Waals surface area contributed by atoms with Crippen LogP contribution in [0.5, 0.6) is 0 Å². The minimum atomic E-state index is -4.61. The van der Waals surface area contributed by atoms with Crippen LogP contribution >= 0.6 is 0 Å². The van der Waals surface area contributed by atoms with E-state index in [4.69, 9.17) is 5.73 Å². The van der Waals surface area contributed by atoms with Crippen LogP contribution in [0.3, 0.4) is 0 Å². The van der Waals surface area contributed by atoms with E-state index >= 15 is 0 Å². The van der Waals surface area contributed by atoms with E-state index in [1.165, 1.54) is 18.5 Å². The molecule has 17 heavy (non-hydrogen) atoms. The predicted molar refractivity (Wildman–Crippen MR) is 54.7 cm³/mol. The number of aromatic nitrogens is 3. The van der Waals surface area contributed by atoms with Crippen molar-refractivity contribution in [2.24, 2.45) is 0 Å².